The molecule has 0 amide bonds. The molecule has 0 radical (unpaired) electrons. The molecular formula is C12H25N3. The highest BCUT2D eigenvalue weighted by Gasteiger charge is 2.26. The third-order valence-corrected chi connectivity index (χ3v) is 4.02. The fourth-order valence-electron chi connectivity index (χ4n) is 2.85. The predicted octanol–water partition coefficient (Wildman–Crippen LogP) is 0.574. The Morgan fingerprint density at radius 3 is 2.40 bits per heavy atom. The number of likely N-dealkylation sites (N-methyl/N-ethyl adjacent to an activating group) is 2. The molecule has 0 aromatic carbocycles. The van der Waals surface area contributed by atoms with E-state index in [2.05, 4.69) is 35.8 Å². The Kier molecular flexibility index (Phi) is 3.65. The molecular weight excluding hydrogens is 186 g/mol. The van der Waals surface area contributed by atoms with Crippen molar-refractivity contribution >= 4 is 0 Å². The van der Waals surface area contributed by atoms with E-state index in [1.807, 2.05) is 0 Å². The average molecular weight is 211 g/mol. The van der Waals surface area contributed by atoms with Crippen LogP contribution < -0.4 is 0 Å². The molecule has 2 rings (SSSR count). The van der Waals surface area contributed by atoms with Gasteiger partial charge in [0, 0.05) is 25.7 Å². The number of nitrogens with zero attached hydrogens (tertiary/aromatic N) is 3. The van der Waals surface area contributed by atoms with Crippen LogP contribution >= 0.6 is 0 Å². The van der Waals surface area contributed by atoms with Crippen LogP contribution in [0.4, 0.5) is 0 Å². The number of rotatable bonds is 4. The summed E-state index contributed by atoms with van der Waals surface area (Å²) < 4.78 is 0. The van der Waals surface area contributed by atoms with Gasteiger partial charge in [-0.15, -0.1) is 0 Å². The van der Waals surface area contributed by atoms with Crippen molar-refractivity contribution in [2.24, 2.45) is 5.92 Å². The summed E-state index contributed by atoms with van der Waals surface area (Å²) in [5.74, 6) is 0.969. The Bertz CT molecular complexity index is 201. The Labute approximate surface area is 94.0 Å². The van der Waals surface area contributed by atoms with E-state index in [0.717, 1.165) is 12.0 Å². The second-order valence-corrected chi connectivity index (χ2v) is 5.56. The molecule has 0 saturated carbocycles. The van der Waals surface area contributed by atoms with Gasteiger partial charge in [-0.1, -0.05) is 0 Å². The van der Waals surface area contributed by atoms with Gasteiger partial charge in [0.25, 0.3) is 0 Å². The van der Waals surface area contributed by atoms with Crippen molar-refractivity contribution in [3.63, 3.8) is 0 Å². The van der Waals surface area contributed by atoms with Gasteiger partial charge in [-0.3, -0.25) is 0 Å². The van der Waals surface area contributed by atoms with Crippen LogP contribution in [0, 0.1) is 5.92 Å². The van der Waals surface area contributed by atoms with Crippen molar-refractivity contribution in [3.05, 3.63) is 0 Å². The third kappa shape index (κ3) is 2.92. The lowest BCUT2D eigenvalue weighted by molar-refractivity contribution is 0.109. The molecule has 0 bridgehead atoms. The first-order chi connectivity index (χ1) is 7.15. The van der Waals surface area contributed by atoms with Gasteiger partial charge in [0.15, 0.2) is 0 Å². The fourth-order valence-corrected chi connectivity index (χ4v) is 2.85. The van der Waals surface area contributed by atoms with Crippen LogP contribution in [0.3, 0.4) is 0 Å². The monoisotopic (exact) mass is 211 g/mol. The summed E-state index contributed by atoms with van der Waals surface area (Å²) in [6, 6.07) is 0.813. The molecule has 3 nitrogen and oxygen atoms in total. The van der Waals surface area contributed by atoms with E-state index in [9.17, 15) is 0 Å². The number of likely N-dealkylation sites (tertiary alicyclic amines) is 2. The van der Waals surface area contributed by atoms with E-state index in [1.165, 1.54) is 45.6 Å². The molecule has 3 heteroatoms. The summed E-state index contributed by atoms with van der Waals surface area (Å²) in [6.07, 6.45) is 2.75. The predicted molar refractivity (Wildman–Crippen MR) is 64.1 cm³/mol. The van der Waals surface area contributed by atoms with Crippen LogP contribution in [0.5, 0.6) is 0 Å². The highest BCUT2D eigenvalue weighted by atomic mass is 15.2. The average Bonchev–Trinajstić information content (AvgIpc) is 2.57. The first-order valence-electron chi connectivity index (χ1n) is 6.22. The largest absolute Gasteiger partial charge is 0.306 e. The summed E-state index contributed by atoms with van der Waals surface area (Å²) in [7, 11) is 6.74. The van der Waals surface area contributed by atoms with Crippen LogP contribution in [0.25, 0.3) is 0 Å². The highest BCUT2D eigenvalue weighted by molar-refractivity contribution is 4.82. The summed E-state index contributed by atoms with van der Waals surface area (Å²) >= 11 is 0. The Hall–Kier alpha value is -0.120. The van der Waals surface area contributed by atoms with Gasteiger partial charge in [0.2, 0.25) is 0 Å². The molecule has 0 N–H and O–H groups in total. The second-order valence-electron chi connectivity index (χ2n) is 5.56. The van der Waals surface area contributed by atoms with Crippen molar-refractivity contribution in [2.45, 2.75) is 18.9 Å². The minimum atomic E-state index is 0.813. The van der Waals surface area contributed by atoms with Crippen LogP contribution in [-0.2, 0) is 0 Å². The SMILES string of the molecule is CN1CC(CCN(C)C2CCN(C)C2)C1. The summed E-state index contributed by atoms with van der Waals surface area (Å²) in [5, 5.41) is 0. The Morgan fingerprint density at radius 2 is 1.87 bits per heavy atom. The number of hydrogen-bond donors (Lipinski definition) is 0. The van der Waals surface area contributed by atoms with E-state index < -0.39 is 0 Å². The van der Waals surface area contributed by atoms with Crippen molar-refractivity contribution in [1.82, 2.24) is 14.7 Å². The molecule has 2 heterocycles. The molecule has 2 aliphatic heterocycles. The van der Waals surface area contributed by atoms with E-state index in [-0.39, 0.29) is 0 Å². The van der Waals surface area contributed by atoms with E-state index in [0.29, 0.717) is 0 Å². The topological polar surface area (TPSA) is 9.72 Å². The van der Waals surface area contributed by atoms with E-state index in [1.54, 1.807) is 0 Å². The van der Waals surface area contributed by atoms with Gasteiger partial charge in [-0.25, -0.2) is 0 Å². The normalized spacial score (nSPS) is 30.0. The Balaban J connectivity index is 1.62. The van der Waals surface area contributed by atoms with Gasteiger partial charge in [0.05, 0.1) is 0 Å². The summed E-state index contributed by atoms with van der Waals surface area (Å²) in [4.78, 5) is 7.42. The molecule has 2 aliphatic rings. The maximum absolute atomic E-state index is 2.57. The minimum absolute atomic E-state index is 0.813. The van der Waals surface area contributed by atoms with Crippen molar-refractivity contribution in [3.8, 4) is 0 Å². The summed E-state index contributed by atoms with van der Waals surface area (Å²) in [6.45, 7) is 6.47. The van der Waals surface area contributed by atoms with Crippen molar-refractivity contribution in [2.75, 3.05) is 53.9 Å². The van der Waals surface area contributed by atoms with Gasteiger partial charge in [-0.2, -0.15) is 0 Å². The molecule has 0 aromatic rings. The standard InChI is InChI=1S/C12H25N3/c1-13-6-5-12(10-13)15(3)7-4-11-8-14(2)9-11/h11-12H,4-10H2,1-3H3. The first kappa shape index (κ1) is 11.4. The molecule has 1 unspecified atom stereocenters. The maximum atomic E-state index is 2.57. The molecule has 2 saturated heterocycles. The van der Waals surface area contributed by atoms with E-state index in [4.69, 9.17) is 0 Å². The van der Waals surface area contributed by atoms with Crippen molar-refractivity contribution in [1.29, 1.82) is 0 Å². The van der Waals surface area contributed by atoms with Gasteiger partial charge in [-0.05, 0) is 53.0 Å². The first-order valence-corrected chi connectivity index (χ1v) is 6.22. The molecule has 88 valence electrons. The minimum Gasteiger partial charge on any atom is -0.306 e. The van der Waals surface area contributed by atoms with Crippen molar-refractivity contribution < 1.29 is 0 Å². The Morgan fingerprint density at radius 1 is 1.13 bits per heavy atom. The summed E-state index contributed by atoms with van der Waals surface area (Å²) in [5.41, 5.74) is 0. The zero-order chi connectivity index (χ0) is 10.8. The zero-order valence-corrected chi connectivity index (χ0v) is 10.4. The van der Waals surface area contributed by atoms with Gasteiger partial charge in [0.1, 0.15) is 0 Å². The molecule has 0 spiro atoms. The lowest BCUT2D eigenvalue weighted by Gasteiger charge is -2.37. The molecule has 0 aromatic heterocycles. The molecule has 2 fully saturated rings. The van der Waals surface area contributed by atoms with Crippen LogP contribution in [0.15, 0.2) is 0 Å². The van der Waals surface area contributed by atoms with E-state index >= 15 is 0 Å². The highest BCUT2D eigenvalue weighted by Crippen LogP contribution is 2.19. The van der Waals surface area contributed by atoms with Crippen LogP contribution in [0.1, 0.15) is 12.8 Å². The zero-order valence-electron chi connectivity index (χ0n) is 10.4. The third-order valence-electron chi connectivity index (χ3n) is 4.02. The van der Waals surface area contributed by atoms with Gasteiger partial charge >= 0.3 is 0 Å². The lowest BCUT2D eigenvalue weighted by atomic mass is 9.97. The lowest BCUT2D eigenvalue weighted by Crippen LogP contribution is -2.45. The number of hydrogen-bond acceptors (Lipinski definition) is 3. The molecule has 15 heavy (non-hydrogen) atoms. The smallest absolute Gasteiger partial charge is 0.0232 e. The maximum Gasteiger partial charge on any atom is 0.0232 e. The fraction of sp³-hybridized carbons (Fsp3) is 1.00. The van der Waals surface area contributed by atoms with Crippen LogP contribution in [-0.4, -0.2) is 74.6 Å². The quantitative estimate of drug-likeness (QED) is 0.673. The van der Waals surface area contributed by atoms with Crippen LogP contribution in [0.2, 0.25) is 0 Å². The molecule has 1 atom stereocenters. The molecule has 0 aliphatic carbocycles. The second kappa shape index (κ2) is 4.81. The van der Waals surface area contributed by atoms with Gasteiger partial charge < -0.3 is 14.7 Å².